The van der Waals surface area contributed by atoms with E-state index in [4.69, 9.17) is 9.26 Å². The summed E-state index contributed by atoms with van der Waals surface area (Å²) in [4.78, 5) is 47.2. The third-order valence-electron chi connectivity index (χ3n) is 6.15. The van der Waals surface area contributed by atoms with E-state index in [0.717, 1.165) is 0 Å². The number of aromatic nitrogens is 2. The summed E-state index contributed by atoms with van der Waals surface area (Å²) in [5.74, 6) is -1.43. The summed E-state index contributed by atoms with van der Waals surface area (Å²) in [6.07, 6.45) is 0.211. The average Bonchev–Trinajstić information content (AvgIpc) is 3.46. The Bertz CT molecular complexity index is 1310. The van der Waals surface area contributed by atoms with Crippen molar-refractivity contribution in [2.24, 2.45) is 5.92 Å². The quantitative estimate of drug-likeness (QED) is 0.499. The van der Waals surface area contributed by atoms with Crippen LogP contribution in [0.15, 0.2) is 53.1 Å². The number of benzene rings is 2. The second-order valence-corrected chi connectivity index (χ2v) is 8.97. The highest BCUT2D eigenvalue weighted by molar-refractivity contribution is 6.15. The Kier molecular flexibility index (Phi) is 5.58. The van der Waals surface area contributed by atoms with Gasteiger partial charge in [-0.1, -0.05) is 31.1 Å². The molecule has 1 saturated heterocycles. The minimum Gasteiger partial charge on any atom is -0.452 e. The molecule has 0 unspecified atom stereocenters. The van der Waals surface area contributed by atoms with Gasteiger partial charge in [-0.2, -0.15) is 4.98 Å². The van der Waals surface area contributed by atoms with Crippen LogP contribution in [0.2, 0.25) is 0 Å². The summed E-state index contributed by atoms with van der Waals surface area (Å²) in [5.41, 5.74) is -0.287. The van der Waals surface area contributed by atoms with E-state index in [1.165, 1.54) is 34.1 Å². The lowest BCUT2D eigenvalue weighted by Gasteiger charge is -2.48. The highest BCUT2D eigenvalue weighted by Gasteiger charge is 2.62. The Morgan fingerprint density at radius 1 is 1.17 bits per heavy atom. The van der Waals surface area contributed by atoms with E-state index in [1.54, 1.807) is 24.3 Å². The number of hydrogen-bond donors (Lipinski definition) is 0. The van der Waals surface area contributed by atoms with Crippen LogP contribution in [0.4, 0.5) is 10.1 Å². The Hall–Kier alpha value is -4.08. The number of halogens is 1. The van der Waals surface area contributed by atoms with Crippen molar-refractivity contribution in [3.63, 3.8) is 0 Å². The lowest BCUT2D eigenvalue weighted by atomic mass is 9.95. The number of ether oxygens (including phenoxy) is 1. The van der Waals surface area contributed by atoms with Crippen LogP contribution in [0, 0.1) is 11.7 Å². The third kappa shape index (κ3) is 3.74. The number of esters is 1. The highest BCUT2D eigenvalue weighted by Crippen LogP contribution is 2.45. The maximum absolute atomic E-state index is 13.6. The van der Waals surface area contributed by atoms with Crippen molar-refractivity contribution in [2.75, 3.05) is 11.4 Å². The topological polar surface area (TPSA) is 106 Å². The molecule has 1 aromatic heterocycles. The summed E-state index contributed by atoms with van der Waals surface area (Å²) in [5, 5.41) is 3.85. The molecule has 180 valence electrons. The zero-order chi connectivity index (χ0) is 24.7. The standard InChI is InChI=1S/C25H23FN4O5/c1-15(2)13-29-23(32)18-5-3-4-6-19(18)30-21(31)11-12-25(29,30)24(33)34-14-20-27-22(28-35-20)16-7-9-17(26)10-8-16/h3-10,15H,11-14H2,1-2H3/t25-/m0/s1. The van der Waals surface area contributed by atoms with Crippen molar-refractivity contribution < 1.29 is 28.0 Å². The predicted octanol–water partition coefficient (Wildman–Crippen LogP) is 3.55. The van der Waals surface area contributed by atoms with Crippen LogP contribution in [0.1, 0.15) is 42.9 Å². The molecular formula is C25H23FN4O5. The summed E-state index contributed by atoms with van der Waals surface area (Å²) >= 11 is 0. The molecule has 1 fully saturated rings. The van der Waals surface area contributed by atoms with Gasteiger partial charge >= 0.3 is 5.97 Å². The van der Waals surface area contributed by atoms with Gasteiger partial charge in [-0.3, -0.25) is 14.5 Å². The maximum Gasteiger partial charge on any atom is 0.354 e. The fraction of sp³-hybridized carbons (Fsp3) is 0.320. The number of carbonyl (C=O) groups excluding carboxylic acids is 3. The number of fused-ring (bicyclic) bond motifs is 3. The normalized spacial score (nSPS) is 19.2. The molecule has 3 aromatic rings. The van der Waals surface area contributed by atoms with Gasteiger partial charge < -0.3 is 14.2 Å². The summed E-state index contributed by atoms with van der Waals surface area (Å²) in [6.45, 7) is 3.79. The van der Waals surface area contributed by atoms with Gasteiger partial charge in [-0.15, -0.1) is 0 Å². The van der Waals surface area contributed by atoms with Crippen LogP contribution in [0.3, 0.4) is 0 Å². The van der Waals surface area contributed by atoms with Crippen molar-refractivity contribution in [2.45, 2.75) is 39.0 Å². The Morgan fingerprint density at radius 3 is 2.66 bits per heavy atom. The molecule has 35 heavy (non-hydrogen) atoms. The van der Waals surface area contributed by atoms with Crippen molar-refractivity contribution in [1.82, 2.24) is 15.0 Å². The Balaban J connectivity index is 1.45. The number of carbonyl (C=O) groups is 3. The molecule has 0 bridgehead atoms. The zero-order valence-electron chi connectivity index (χ0n) is 19.2. The highest BCUT2D eigenvalue weighted by atomic mass is 19.1. The summed E-state index contributed by atoms with van der Waals surface area (Å²) in [6, 6.07) is 12.3. The van der Waals surface area contributed by atoms with Crippen molar-refractivity contribution in [3.05, 3.63) is 65.8 Å². The van der Waals surface area contributed by atoms with E-state index in [2.05, 4.69) is 10.1 Å². The molecule has 9 nitrogen and oxygen atoms in total. The molecule has 5 rings (SSSR count). The lowest BCUT2D eigenvalue weighted by molar-refractivity contribution is -0.159. The number of nitrogens with zero attached hydrogens (tertiary/aromatic N) is 4. The largest absolute Gasteiger partial charge is 0.452 e. The van der Waals surface area contributed by atoms with Gasteiger partial charge in [0.2, 0.25) is 17.4 Å². The van der Waals surface area contributed by atoms with Gasteiger partial charge in [-0.25, -0.2) is 9.18 Å². The molecule has 2 aliphatic rings. The van der Waals surface area contributed by atoms with E-state index in [1.807, 2.05) is 13.8 Å². The molecule has 2 aromatic carbocycles. The minimum absolute atomic E-state index is 0.0305. The molecule has 2 aliphatic heterocycles. The smallest absolute Gasteiger partial charge is 0.354 e. The first-order valence-corrected chi connectivity index (χ1v) is 11.3. The van der Waals surface area contributed by atoms with Crippen LogP contribution >= 0.6 is 0 Å². The first-order valence-electron chi connectivity index (χ1n) is 11.3. The number of anilines is 1. The van der Waals surface area contributed by atoms with Gasteiger partial charge in [-0.05, 0) is 42.3 Å². The maximum atomic E-state index is 13.6. The third-order valence-corrected chi connectivity index (χ3v) is 6.15. The zero-order valence-corrected chi connectivity index (χ0v) is 19.2. The first kappa shape index (κ1) is 22.7. The number of rotatable bonds is 6. The fourth-order valence-corrected chi connectivity index (χ4v) is 4.64. The number of para-hydroxylation sites is 1. The second kappa shape index (κ2) is 8.61. The fourth-order valence-electron chi connectivity index (χ4n) is 4.64. The SMILES string of the molecule is CC(C)CN1C(=O)c2ccccc2N2C(=O)CC[C@]12C(=O)OCc1nc(-c2ccc(F)cc2)no1. The Morgan fingerprint density at radius 2 is 1.91 bits per heavy atom. The van der Waals surface area contributed by atoms with Crippen molar-refractivity contribution in [3.8, 4) is 11.4 Å². The molecule has 0 aliphatic carbocycles. The minimum atomic E-state index is -1.59. The van der Waals surface area contributed by atoms with Gasteiger partial charge in [0.25, 0.3) is 11.8 Å². The molecule has 0 N–H and O–H groups in total. The second-order valence-electron chi connectivity index (χ2n) is 8.97. The van der Waals surface area contributed by atoms with E-state index in [9.17, 15) is 18.8 Å². The van der Waals surface area contributed by atoms with Crippen molar-refractivity contribution >= 4 is 23.5 Å². The molecule has 0 radical (unpaired) electrons. The average molecular weight is 478 g/mol. The molecular weight excluding hydrogens is 455 g/mol. The van der Waals surface area contributed by atoms with Crippen LogP contribution in [-0.2, 0) is 20.9 Å². The molecule has 0 saturated carbocycles. The van der Waals surface area contributed by atoms with Crippen LogP contribution in [0.5, 0.6) is 0 Å². The van der Waals surface area contributed by atoms with Gasteiger partial charge in [0.05, 0.1) is 11.3 Å². The summed E-state index contributed by atoms with van der Waals surface area (Å²) < 4.78 is 24.0. The Labute approximate surface area is 200 Å². The number of hydrogen-bond acceptors (Lipinski definition) is 7. The van der Waals surface area contributed by atoms with Gasteiger partial charge in [0.1, 0.15) is 5.82 Å². The van der Waals surface area contributed by atoms with Crippen molar-refractivity contribution in [1.29, 1.82) is 0 Å². The lowest BCUT2D eigenvalue weighted by Crippen LogP contribution is -2.69. The van der Waals surface area contributed by atoms with E-state index < -0.39 is 17.4 Å². The van der Waals surface area contributed by atoms with Crippen LogP contribution in [-0.4, -0.2) is 45.0 Å². The van der Waals surface area contributed by atoms with Crippen LogP contribution in [0.25, 0.3) is 11.4 Å². The van der Waals surface area contributed by atoms with E-state index in [-0.39, 0.29) is 55.4 Å². The molecule has 3 heterocycles. The van der Waals surface area contributed by atoms with E-state index >= 15 is 0 Å². The number of amides is 2. The monoisotopic (exact) mass is 478 g/mol. The molecule has 2 amide bonds. The molecule has 0 spiro atoms. The van der Waals surface area contributed by atoms with Gasteiger partial charge in [0, 0.05) is 24.9 Å². The first-order chi connectivity index (χ1) is 16.8. The summed E-state index contributed by atoms with van der Waals surface area (Å²) in [7, 11) is 0. The van der Waals surface area contributed by atoms with Gasteiger partial charge in [0.15, 0.2) is 6.61 Å². The molecule has 1 atom stereocenters. The molecule has 10 heteroatoms. The van der Waals surface area contributed by atoms with E-state index in [0.29, 0.717) is 16.8 Å². The predicted molar refractivity (Wildman–Crippen MR) is 121 cm³/mol. The van der Waals surface area contributed by atoms with Crippen LogP contribution < -0.4 is 4.90 Å².